The lowest BCUT2D eigenvalue weighted by Crippen LogP contribution is -2.24. The zero-order valence-electron chi connectivity index (χ0n) is 14.8. The van der Waals surface area contributed by atoms with Crippen molar-refractivity contribution in [1.29, 1.82) is 0 Å². The summed E-state index contributed by atoms with van der Waals surface area (Å²) in [6, 6.07) is 11.4. The lowest BCUT2D eigenvalue weighted by Gasteiger charge is -2.19. The van der Waals surface area contributed by atoms with Crippen LogP contribution in [0.3, 0.4) is 0 Å². The van der Waals surface area contributed by atoms with Crippen molar-refractivity contribution in [1.82, 2.24) is 14.9 Å². The maximum atomic E-state index is 4.62. The minimum Gasteiger partial charge on any atom is -0.355 e. The second-order valence-electron chi connectivity index (χ2n) is 7.00. The highest BCUT2D eigenvalue weighted by Gasteiger charge is 2.30. The average Bonchev–Trinajstić information content (AvgIpc) is 3.34. The zero-order chi connectivity index (χ0) is 17.7. The van der Waals surface area contributed by atoms with Crippen LogP contribution in [0.5, 0.6) is 0 Å². The summed E-state index contributed by atoms with van der Waals surface area (Å²) in [6.45, 7) is 3.50. The van der Waals surface area contributed by atoms with Gasteiger partial charge >= 0.3 is 0 Å². The van der Waals surface area contributed by atoms with Gasteiger partial charge in [-0.25, -0.2) is 9.97 Å². The van der Waals surface area contributed by atoms with Crippen molar-refractivity contribution in [2.24, 2.45) is 0 Å². The Morgan fingerprint density at radius 2 is 2.12 bits per heavy atom. The molecule has 0 saturated carbocycles. The molecule has 1 aromatic carbocycles. The summed E-state index contributed by atoms with van der Waals surface area (Å²) in [6.07, 6.45) is 3.13. The number of pyridine rings is 1. The maximum absolute atomic E-state index is 4.62. The maximum Gasteiger partial charge on any atom is 0.125 e. The summed E-state index contributed by atoms with van der Waals surface area (Å²) in [7, 11) is 2.22. The normalized spacial score (nSPS) is 21.0. The first-order valence-corrected chi connectivity index (χ1v) is 10.6. The Morgan fingerprint density at radius 3 is 2.96 bits per heavy atom. The van der Waals surface area contributed by atoms with Crippen molar-refractivity contribution in [3.8, 4) is 0 Å². The molecule has 0 aliphatic carbocycles. The molecule has 0 amide bonds. The fraction of sp³-hybridized carbons (Fsp3) is 0.300. The van der Waals surface area contributed by atoms with Crippen LogP contribution in [0, 0.1) is 0 Å². The summed E-state index contributed by atoms with van der Waals surface area (Å²) in [5.74, 6) is 0.610. The topological polar surface area (TPSA) is 41.1 Å². The van der Waals surface area contributed by atoms with Gasteiger partial charge in [0.25, 0.3) is 0 Å². The second-order valence-corrected chi connectivity index (χ2v) is 8.95. The van der Waals surface area contributed by atoms with Crippen LogP contribution in [-0.2, 0) is 0 Å². The number of thiazole rings is 1. The monoisotopic (exact) mass is 380 g/mol. The Labute approximate surface area is 160 Å². The third-order valence-corrected chi connectivity index (χ3v) is 7.48. The van der Waals surface area contributed by atoms with Crippen LogP contribution in [-0.4, -0.2) is 34.5 Å². The number of rotatable bonds is 3. The van der Waals surface area contributed by atoms with Gasteiger partial charge in [0.15, 0.2) is 0 Å². The van der Waals surface area contributed by atoms with Crippen LogP contribution in [0.4, 0.5) is 11.4 Å². The molecular formula is C20H20N4S2. The van der Waals surface area contributed by atoms with Gasteiger partial charge in [0.05, 0.1) is 21.4 Å². The van der Waals surface area contributed by atoms with Gasteiger partial charge in [0, 0.05) is 34.1 Å². The van der Waals surface area contributed by atoms with E-state index in [-0.39, 0.29) is 0 Å². The van der Waals surface area contributed by atoms with Crippen molar-refractivity contribution in [2.45, 2.75) is 25.3 Å². The molecule has 0 radical (unpaired) electrons. The van der Waals surface area contributed by atoms with Gasteiger partial charge in [-0.3, -0.25) is 0 Å². The number of benzene rings is 1. The SMILES string of the molecule is C[C@@H]1[C@@H](c2cc3c(Nc4ccc5scnc5c4)ccnc3s2)CCN1C. The highest BCUT2D eigenvalue weighted by Crippen LogP contribution is 2.40. The van der Waals surface area contributed by atoms with E-state index in [2.05, 4.69) is 64.5 Å². The molecule has 5 rings (SSSR count). The summed E-state index contributed by atoms with van der Waals surface area (Å²) >= 11 is 3.51. The number of likely N-dealkylation sites (tertiary alicyclic amines) is 1. The summed E-state index contributed by atoms with van der Waals surface area (Å²) < 4.78 is 1.22. The van der Waals surface area contributed by atoms with Crippen LogP contribution < -0.4 is 5.32 Å². The Morgan fingerprint density at radius 1 is 1.19 bits per heavy atom. The predicted molar refractivity (Wildman–Crippen MR) is 112 cm³/mol. The number of thiophene rings is 1. The lowest BCUT2D eigenvalue weighted by atomic mass is 9.99. The first-order chi connectivity index (χ1) is 12.7. The third kappa shape index (κ3) is 2.69. The standard InChI is InChI=1S/C20H20N4S2/c1-12-14(6-8-24(12)2)19-10-15-16(5-7-21-20(15)26-19)23-13-3-4-18-17(9-13)22-11-25-18/h3-5,7,9-12,14H,6,8H2,1-2H3,(H,21,23)/t12-,14+/m1/s1. The van der Waals surface area contributed by atoms with Crippen molar-refractivity contribution >= 4 is 54.5 Å². The first-order valence-electron chi connectivity index (χ1n) is 8.88. The summed E-state index contributed by atoms with van der Waals surface area (Å²) in [5, 5.41) is 4.79. The highest BCUT2D eigenvalue weighted by molar-refractivity contribution is 7.18. The van der Waals surface area contributed by atoms with Crippen molar-refractivity contribution < 1.29 is 0 Å². The number of nitrogens with one attached hydrogen (secondary N) is 1. The van der Waals surface area contributed by atoms with Crippen LogP contribution in [0.2, 0.25) is 0 Å². The second kappa shape index (κ2) is 6.30. The highest BCUT2D eigenvalue weighted by atomic mass is 32.1. The van der Waals surface area contributed by atoms with Gasteiger partial charge < -0.3 is 10.2 Å². The minimum atomic E-state index is 0.589. The predicted octanol–water partition coefficient (Wildman–Crippen LogP) is 5.46. The quantitative estimate of drug-likeness (QED) is 0.512. The molecule has 0 spiro atoms. The molecule has 1 aliphatic rings. The van der Waals surface area contributed by atoms with E-state index in [0.29, 0.717) is 12.0 Å². The van der Waals surface area contributed by atoms with E-state index in [1.807, 2.05) is 23.0 Å². The van der Waals surface area contributed by atoms with Gasteiger partial charge in [0.2, 0.25) is 0 Å². The molecule has 4 nitrogen and oxygen atoms in total. The van der Waals surface area contributed by atoms with Crippen LogP contribution in [0.1, 0.15) is 24.1 Å². The molecule has 0 unspecified atom stereocenters. The fourth-order valence-corrected chi connectivity index (χ4v) is 5.73. The Kier molecular flexibility index (Phi) is 3.92. The fourth-order valence-electron chi connectivity index (χ4n) is 3.82. The van der Waals surface area contributed by atoms with E-state index in [0.717, 1.165) is 21.7 Å². The number of fused-ring (bicyclic) bond motifs is 2. The molecule has 0 bridgehead atoms. The van der Waals surface area contributed by atoms with Crippen molar-refractivity contribution in [3.05, 3.63) is 46.9 Å². The Bertz CT molecular complexity index is 1080. The molecule has 1 aliphatic heterocycles. The van der Waals surface area contributed by atoms with E-state index in [4.69, 9.17) is 0 Å². The molecule has 6 heteroatoms. The first kappa shape index (κ1) is 16.2. The number of likely N-dealkylation sites (N-methyl/N-ethyl adjacent to an activating group) is 1. The lowest BCUT2D eigenvalue weighted by molar-refractivity contribution is 0.319. The van der Waals surface area contributed by atoms with Crippen LogP contribution in [0.25, 0.3) is 20.4 Å². The third-order valence-electron chi connectivity index (χ3n) is 5.50. The molecule has 3 aromatic heterocycles. The minimum absolute atomic E-state index is 0.589. The molecule has 26 heavy (non-hydrogen) atoms. The van der Waals surface area contributed by atoms with E-state index in [1.54, 1.807) is 11.3 Å². The molecule has 4 heterocycles. The Hall–Kier alpha value is -2.02. The van der Waals surface area contributed by atoms with E-state index >= 15 is 0 Å². The smallest absolute Gasteiger partial charge is 0.125 e. The van der Waals surface area contributed by atoms with Crippen molar-refractivity contribution in [2.75, 3.05) is 18.9 Å². The number of hydrogen-bond acceptors (Lipinski definition) is 6. The average molecular weight is 381 g/mol. The molecule has 4 aromatic rings. The Balaban J connectivity index is 1.51. The van der Waals surface area contributed by atoms with Gasteiger partial charge in [-0.2, -0.15) is 0 Å². The van der Waals surface area contributed by atoms with Crippen molar-refractivity contribution in [3.63, 3.8) is 0 Å². The molecule has 2 atom stereocenters. The van der Waals surface area contributed by atoms with Gasteiger partial charge in [-0.05, 0) is 57.3 Å². The zero-order valence-corrected chi connectivity index (χ0v) is 16.4. The summed E-state index contributed by atoms with van der Waals surface area (Å²) in [5.41, 5.74) is 5.12. The van der Waals surface area contributed by atoms with Gasteiger partial charge in [-0.1, -0.05) is 0 Å². The molecular weight excluding hydrogens is 360 g/mol. The van der Waals surface area contributed by atoms with Gasteiger partial charge in [0.1, 0.15) is 4.83 Å². The van der Waals surface area contributed by atoms with Gasteiger partial charge in [-0.15, -0.1) is 22.7 Å². The number of anilines is 2. The molecule has 1 saturated heterocycles. The molecule has 1 N–H and O–H groups in total. The van der Waals surface area contributed by atoms with E-state index in [9.17, 15) is 0 Å². The number of hydrogen-bond donors (Lipinski definition) is 1. The summed E-state index contributed by atoms with van der Waals surface area (Å²) in [4.78, 5) is 14.0. The van der Waals surface area contributed by atoms with Crippen LogP contribution >= 0.6 is 22.7 Å². The number of aromatic nitrogens is 2. The molecule has 1 fully saturated rings. The van der Waals surface area contributed by atoms with Crippen LogP contribution in [0.15, 0.2) is 42.0 Å². The molecule has 132 valence electrons. The number of nitrogens with zero attached hydrogens (tertiary/aromatic N) is 3. The van der Waals surface area contributed by atoms with E-state index in [1.165, 1.54) is 27.9 Å². The van der Waals surface area contributed by atoms with E-state index < -0.39 is 0 Å². The largest absolute Gasteiger partial charge is 0.355 e.